The van der Waals surface area contributed by atoms with Crippen LogP contribution in [0.3, 0.4) is 0 Å². The highest BCUT2D eigenvalue weighted by molar-refractivity contribution is 7.13. The van der Waals surface area contributed by atoms with Gasteiger partial charge in [0.1, 0.15) is 5.82 Å². The second-order valence-corrected chi connectivity index (χ2v) is 7.88. The molecule has 28 heavy (non-hydrogen) atoms. The number of halogens is 2. The van der Waals surface area contributed by atoms with E-state index in [0.717, 1.165) is 4.88 Å². The van der Waals surface area contributed by atoms with Gasteiger partial charge in [-0.15, -0.1) is 11.3 Å². The summed E-state index contributed by atoms with van der Waals surface area (Å²) in [5, 5.41) is 6.27. The number of hydrogen-bond donors (Lipinski definition) is 0. The van der Waals surface area contributed by atoms with Gasteiger partial charge in [0.2, 0.25) is 17.6 Å². The maximum atomic E-state index is 13.9. The molecule has 1 fully saturated rings. The molecule has 4 rings (SSSR count). The fourth-order valence-electron chi connectivity index (χ4n) is 3.14. The largest absolute Gasteiger partial charge is 0.340 e. The monoisotopic (exact) mass is 420 g/mol. The summed E-state index contributed by atoms with van der Waals surface area (Å²) in [4.78, 5) is 21.8. The fourth-order valence-corrected chi connectivity index (χ4v) is 4.01. The van der Waals surface area contributed by atoms with Gasteiger partial charge in [-0.1, -0.05) is 28.9 Å². The first-order valence-electron chi connectivity index (χ1n) is 8.89. The third-order valence-electron chi connectivity index (χ3n) is 4.68. The van der Waals surface area contributed by atoms with E-state index in [-0.39, 0.29) is 22.9 Å². The van der Waals surface area contributed by atoms with Crippen molar-refractivity contribution >= 4 is 28.8 Å². The van der Waals surface area contributed by atoms with Crippen molar-refractivity contribution in [3.05, 3.63) is 58.0 Å². The smallest absolute Gasteiger partial charge is 0.241 e. The summed E-state index contributed by atoms with van der Waals surface area (Å²) in [6.45, 7) is 3.05. The fraction of sp³-hybridized carbons (Fsp3) is 0.316. The first-order valence-corrected chi connectivity index (χ1v) is 10.2. The zero-order valence-corrected chi connectivity index (χ0v) is 16.5. The lowest BCUT2D eigenvalue weighted by Gasteiger charge is -2.34. The lowest BCUT2D eigenvalue weighted by molar-refractivity contribution is -0.132. The summed E-state index contributed by atoms with van der Waals surface area (Å²) in [6.07, 6.45) is -0.0284. The van der Waals surface area contributed by atoms with Crippen LogP contribution in [-0.2, 0) is 17.8 Å². The number of amides is 1. The summed E-state index contributed by atoms with van der Waals surface area (Å²) in [6, 6.07) is 8.35. The van der Waals surface area contributed by atoms with Crippen LogP contribution in [0, 0.1) is 5.82 Å². The number of carbonyl (C=O) groups excluding carboxylic acids is 1. The number of carbonyl (C=O) groups is 1. The second kappa shape index (κ2) is 8.38. The van der Waals surface area contributed by atoms with Gasteiger partial charge in [-0.3, -0.25) is 9.69 Å². The van der Waals surface area contributed by atoms with Crippen LogP contribution < -0.4 is 0 Å². The van der Waals surface area contributed by atoms with Crippen LogP contribution in [-0.4, -0.2) is 52.0 Å². The van der Waals surface area contributed by atoms with Crippen molar-refractivity contribution in [1.29, 1.82) is 0 Å². The van der Waals surface area contributed by atoms with Crippen LogP contribution >= 0.6 is 22.9 Å². The molecule has 1 aliphatic rings. The standard InChI is InChI=1S/C19H18ClFN4O2S/c20-14-3-1-4-15(21)13(14)11-18(26)25-8-6-24(7-9-25)12-17-22-19(23-27-17)16-5-2-10-28-16/h1-5,10H,6-9,11-12H2. The molecule has 0 saturated carbocycles. The molecule has 0 radical (unpaired) electrons. The Bertz CT molecular complexity index is 935. The minimum atomic E-state index is -0.447. The van der Waals surface area contributed by atoms with E-state index in [4.69, 9.17) is 16.1 Å². The van der Waals surface area contributed by atoms with Gasteiger partial charge in [-0.05, 0) is 23.6 Å². The van der Waals surface area contributed by atoms with E-state index < -0.39 is 5.82 Å². The van der Waals surface area contributed by atoms with Crippen LogP contribution in [0.25, 0.3) is 10.7 Å². The average Bonchev–Trinajstić information content (AvgIpc) is 3.37. The summed E-state index contributed by atoms with van der Waals surface area (Å²) in [7, 11) is 0. The number of aromatic nitrogens is 2. The van der Waals surface area contributed by atoms with Crippen LogP contribution in [0.2, 0.25) is 5.02 Å². The highest BCUT2D eigenvalue weighted by Crippen LogP contribution is 2.22. The molecule has 0 aliphatic carbocycles. The Morgan fingerprint density at radius 1 is 1.21 bits per heavy atom. The highest BCUT2D eigenvalue weighted by Gasteiger charge is 2.24. The third kappa shape index (κ3) is 4.24. The molecule has 2 aromatic heterocycles. The van der Waals surface area contributed by atoms with Gasteiger partial charge in [-0.2, -0.15) is 4.98 Å². The van der Waals surface area contributed by atoms with Gasteiger partial charge >= 0.3 is 0 Å². The highest BCUT2D eigenvalue weighted by atomic mass is 35.5. The van der Waals surface area contributed by atoms with Crippen LogP contribution in [0.5, 0.6) is 0 Å². The predicted molar refractivity (Wildman–Crippen MR) is 105 cm³/mol. The molecule has 0 atom stereocenters. The van der Waals surface area contributed by atoms with Crippen molar-refractivity contribution in [2.75, 3.05) is 26.2 Å². The Morgan fingerprint density at radius 2 is 2.04 bits per heavy atom. The molecule has 3 aromatic rings. The Morgan fingerprint density at radius 3 is 2.75 bits per heavy atom. The van der Waals surface area contributed by atoms with Crippen molar-refractivity contribution in [3.8, 4) is 10.7 Å². The minimum absolute atomic E-state index is 0.0284. The molecule has 1 saturated heterocycles. The molecule has 3 heterocycles. The SMILES string of the molecule is O=C(Cc1c(F)cccc1Cl)N1CCN(Cc2nc(-c3cccs3)no2)CC1. The van der Waals surface area contributed by atoms with Gasteiger partial charge in [0.25, 0.3) is 0 Å². The van der Waals surface area contributed by atoms with Crippen molar-refractivity contribution < 1.29 is 13.7 Å². The molecule has 146 valence electrons. The Labute approximate surface area is 170 Å². The van der Waals surface area contributed by atoms with Gasteiger partial charge in [0, 0.05) is 36.8 Å². The molecule has 0 spiro atoms. The summed E-state index contributed by atoms with van der Waals surface area (Å²) >= 11 is 7.59. The number of hydrogen-bond acceptors (Lipinski definition) is 6. The number of benzene rings is 1. The first-order chi connectivity index (χ1) is 13.6. The van der Waals surface area contributed by atoms with Gasteiger partial charge < -0.3 is 9.42 Å². The predicted octanol–water partition coefficient (Wildman–Crippen LogP) is 3.48. The molecule has 1 aliphatic heterocycles. The summed E-state index contributed by atoms with van der Waals surface area (Å²) in [5.74, 6) is 0.587. The molecule has 0 N–H and O–H groups in total. The van der Waals surface area contributed by atoms with Crippen LogP contribution in [0.15, 0.2) is 40.2 Å². The zero-order chi connectivity index (χ0) is 19.5. The molecule has 0 unspecified atom stereocenters. The molecule has 9 heteroatoms. The number of nitrogens with zero attached hydrogens (tertiary/aromatic N) is 4. The van der Waals surface area contributed by atoms with Gasteiger partial charge in [0.05, 0.1) is 17.8 Å². The lowest BCUT2D eigenvalue weighted by Crippen LogP contribution is -2.48. The summed E-state index contributed by atoms with van der Waals surface area (Å²) in [5.41, 5.74) is 0.253. The molecular weight excluding hydrogens is 403 g/mol. The van der Waals surface area contributed by atoms with E-state index >= 15 is 0 Å². The normalized spacial score (nSPS) is 15.1. The first kappa shape index (κ1) is 19.0. The Kier molecular flexibility index (Phi) is 5.70. The third-order valence-corrected chi connectivity index (χ3v) is 5.90. The van der Waals surface area contributed by atoms with Crippen molar-refractivity contribution in [2.45, 2.75) is 13.0 Å². The van der Waals surface area contributed by atoms with E-state index in [0.29, 0.717) is 44.4 Å². The molecule has 1 amide bonds. The Hall–Kier alpha value is -2.29. The number of thiophene rings is 1. The number of rotatable bonds is 5. The van der Waals surface area contributed by atoms with E-state index in [1.54, 1.807) is 22.3 Å². The van der Waals surface area contributed by atoms with E-state index in [1.165, 1.54) is 12.1 Å². The van der Waals surface area contributed by atoms with E-state index in [9.17, 15) is 9.18 Å². The maximum Gasteiger partial charge on any atom is 0.241 e. The molecule has 1 aromatic carbocycles. The van der Waals surface area contributed by atoms with E-state index in [2.05, 4.69) is 15.0 Å². The summed E-state index contributed by atoms with van der Waals surface area (Å²) < 4.78 is 19.2. The van der Waals surface area contributed by atoms with E-state index in [1.807, 2.05) is 17.5 Å². The quantitative estimate of drug-likeness (QED) is 0.632. The second-order valence-electron chi connectivity index (χ2n) is 6.52. The van der Waals surface area contributed by atoms with Crippen LogP contribution in [0.4, 0.5) is 4.39 Å². The van der Waals surface area contributed by atoms with Crippen molar-refractivity contribution in [2.24, 2.45) is 0 Å². The molecule has 6 nitrogen and oxygen atoms in total. The van der Waals surface area contributed by atoms with Gasteiger partial charge in [0.15, 0.2) is 0 Å². The molecular formula is C19H18ClFN4O2S. The van der Waals surface area contributed by atoms with Crippen molar-refractivity contribution in [3.63, 3.8) is 0 Å². The lowest BCUT2D eigenvalue weighted by atomic mass is 10.1. The van der Waals surface area contributed by atoms with Gasteiger partial charge in [-0.25, -0.2) is 4.39 Å². The number of piperazine rings is 1. The Balaban J connectivity index is 1.30. The zero-order valence-electron chi connectivity index (χ0n) is 15.0. The molecule has 0 bridgehead atoms. The topological polar surface area (TPSA) is 62.5 Å². The van der Waals surface area contributed by atoms with Crippen molar-refractivity contribution in [1.82, 2.24) is 19.9 Å². The maximum absolute atomic E-state index is 13.9. The van der Waals surface area contributed by atoms with Crippen LogP contribution in [0.1, 0.15) is 11.5 Å². The minimum Gasteiger partial charge on any atom is -0.340 e. The average molecular weight is 421 g/mol.